The highest BCUT2D eigenvalue weighted by Gasteiger charge is 2.23. The number of ether oxygens (including phenoxy) is 1. The molecule has 0 amide bonds. The first kappa shape index (κ1) is 25.3. The van der Waals surface area contributed by atoms with Crippen molar-refractivity contribution in [2.45, 2.75) is 73.6 Å². The molecule has 0 aromatic heterocycles. The van der Waals surface area contributed by atoms with Gasteiger partial charge in [-0.2, -0.15) is 0 Å². The lowest BCUT2D eigenvalue weighted by molar-refractivity contribution is -0.154. The van der Waals surface area contributed by atoms with Crippen molar-refractivity contribution in [2.24, 2.45) is 17.3 Å². The first-order valence-corrected chi connectivity index (χ1v) is 10.6. The third-order valence-electron chi connectivity index (χ3n) is 5.28. The number of hydrogen-bond acceptors (Lipinski definition) is 5. The van der Waals surface area contributed by atoms with E-state index in [-0.39, 0.29) is 28.1 Å². The van der Waals surface area contributed by atoms with Crippen molar-refractivity contribution in [3.05, 3.63) is 21.7 Å². The second-order valence-electron chi connectivity index (χ2n) is 9.17. The molecule has 1 rings (SSSR count). The van der Waals surface area contributed by atoms with E-state index in [4.69, 9.17) is 16.3 Å². The average Bonchev–Trinajstić information content (AvgIpc) is 2.64. The predicted molar refractivity (Wildman–Crippen MR) is 116 cm³/mol. The van der Waals surface area contributed by atoms with Crippen LogP contribution in [0.1, 0.15) is 81.8 Å². The Morgan fingerprint density at radius 3 is 2.24 bits per heavy atom. The highest BCUT2D eigenvalue weighted by Crippen LogP contribution is 2.41. The second kappa shape index (κ2) is 10.9. The number of halogens is 1. The molecule has 0 spiro atoms. The normalized spacial score (nSPS) is 13.8. The minimum Gasteiger partial charge on any atom is -0.507 e. The Hall–Kier alpha value is -1.75. The smallest absolute Gasteiger partial charge is 0.311 e. The minimum atomic E-state index is -0.478. The molecule has 0 bridgehead atoms. The largest absolute Gasteiger partial charge is 0.507 e. The van der Waals surface area contributed by atoms with Crippen LogP contribution in [0.5, 0.6) is 11.5 Å². The summed E-state index contributed by atoms with van der Waals surface area (Å²) in [4.78, 5) is 23.0. The van der Waals surface area contributed by atoms with Gasteiger partial charge in [0.25, 0.3) is 0 Å². The summed E-state index contributed by atoms with van der Waals surface area (Å²) in [5.74, 6) is 0.170. The fourth-order valence-electron chi connectivity index (χ4n) is 3.13. The number of carbonyl (C=O) groups is 2. The van der Waals surface area contributed by atoms with E-state index in [9.17, 15) is 19.8 Å². The number of carbonyl (C=O) groups excluding carboxylic acids is 2. The summed E-state index contributed by atoms with van der Waals surface area (Å²) in [5.41, 5.74) is 0.370. The lowest BCUT2D eigenvalue weighted by Gasteiger charge is -2.19. The maximum Gasteiger partial charge on any atom is 0.311 e. The van der Waals surface area contributed by atoms with Gasteiger partial charge in [-0.05, 0) is 64.4 Å². The maximum absolute atomic E-state index is 11.8. The molecule has 1 aromatic carbocycles. The van der Waals surface area contributed by atoms with Crippen molar-refractivity contribution < 1.29 is 24.5 Å². The lowest BCUT2D eigenvalue weighted by atomic mass is 9.92. The van der Waals surface area contributed by atoms with Crippen LogP contribution in [0.3, 0.4) is 0 Å². The van der Waals surface area contributed by atoms with Crippen molar-refractivity contribution >= 4 is 23.9 Å². The van der Waals surface area contributed by atoms with Gasteiger partial charge in [0.05, 0.1) is 22.6 Å². The molecule has 1 aromatic rings. The Morgan fingerprint density at radius 1 is 1.10 bits per heavy atom. The van der Waals surface area contributed by atoms with Crippen LogP contribution in [0.25, 0.3) is 0 Å². The fraction of sp³-hybridized carbons (Fsp3) is 0.652. The van der Waals surface area contributed by atoms with Gasteiger partial charge in [0.2, 0.25) is 0 Å². The Kier molecular flexibility index (Phi) is 9.47. The molecule has 6 heteroatoms. The van der Waals surface area contributed by atoms with Crippen molar-refractivity contribution in [3.8, 4) is 11.5 Å². The number of phenolic OH excluding ortho intramolecular Hbond substituents is 2. The average molecular weight is 427 g/mol. The van der Waals surface area contributed by atoms with Gasteiger partial charge in [0, 0.05) is 5.56 Å². The molecule has 0 fully saturated rings. The summed E-state index contributed by atoms with van der Waals surface area (Å²) in [6.07, 6.45) is 4.71. The zero-order valence-electron chi connectivity index (χ0n) is 18.5. The van der Waals surface area contributed by atoms with Crippen LogP contribution in [0, 0.1) is 24.2 Å². The maximum atomic E-state index is 11.8. The van der Waals surface area contributed by atoms with Gasteiger partial charge in [-0.25, -0.2) is 0 Å². The van der Waals surface area contributed by atoms with Gasteiger partial charge < -0.3 is 14.9 Å². The summed E-state index contributed by atoms with van der Waals surface area (Å²) < 4.78 is 5.36. The van der Waals surface area contributed by atoms with Gasteiger partial charge in [-0.3, -0.25) is 9.59 Å². The summed E-state index contributed by atoms with van der Waals surface area (Å²) in [5, 5.41) is 20.7. The van der Waals surface area contributed by atoms with Crippen molar-refractivity contribution in [2.75, 3.05) is 6.61 Å². The number of hydrogen-bond donors (Lipinski definition) is 2. The molecule has 0 saturated heterocycles. The molecule has 5 nitrogen and oxygen atoms in total. The topological polar surface area (TPSA) is 83.8 Å². The number of phenols is 2. The van der Waals surface area contributed by atoms with Crippen LogP contribution < -0.4 is 0 Å². The highest BCUT2D eigenvalue weighted by molar-refractivity contribution is 6.33. The molecule has 0 aliphatic heterocycles. The summed E-state index contributed by atoms with van der Waals surface area (Å²) in [6.45, 7) is 11.8. The van der Waals surface area contributed by atoms with Crippen LogP contribution in [-0.4, -0.2) is 29.1 Å². The van der Waals surface area contributed by atoms with E-state index < -0.39 is 5.41 Å². The predicted octanol–water partition coefficient (Wildman–Crippen LogP) is 5.84. The van der Waals surface area contributed by atoms with Crippen LogP contribution in [-0.2, 0) is 16.0 Å². The van der Waals surface area contributed by atoms with Gasteiger partial charge in [0.15, 0.2) is 6.29 Å². The first-order valence-electron chi connectivity index (χ1n) is 10.2. The first-order chi connectivity index (χ1) is 13.4. The Bertz CT molecular complexity index is 721. The number of esters is 1. The van der Waals surface area contributed by atoms with Crippen LogP contribution >= 0.6 is 11.6 Å². The van der Waals surface area contributed by atoms with Gasteiger partial charge in [0.1, 0.15) is 11.5 Å². The summed E-state index contributed by atoms with van der Waals surface area (Å²) in [6, 6.07) is 0. The SMILES string of the molecule is Cc1c(Cl)c(O)c(CCC(C)CCCC(C)COC(=O)C(C)(C)C)c(O)c1C=O. The summed E-state index contributed by atoms with van der Waals surface area (Å²) in [7, 11) is 0. The van der Waals surface area contributed by atoms with E-state index in [0.29, 0.717) is 42.3 Å². The van der Waals surface area contributed by atoms with E-state index in [0.717, 1.165) is 25.7 Å². The fourth-order valence-corrected chi connectivity index (χ4v) is 3.35. The molecular formula is C23H35ClO5. The molecule has 0 heterocycles. The van der Waals surface area contributed by atoms with Crippen LogP contribution in [0.4, 0.5) is 0 Å². The molecule has 2 N–H and O–H groups in total. The van der Waals surface area contributed by atoms with E-state index in [1.165, 1.54) is 0 Å². The van der Waals surface area contributed by atoms with E-state index in [2.05, 4.69) is 13.8 Å². The third-order valence-corrected chi connectivity index (χ3v) is 5.74. The highest BCUT2D eigenvalue weighted by atomic mass is 35.5. The Labute approximate surface area is 179 Å². The van der Waals surface area contributed by atoms with Crippen molar-refractivity contribution in [1.82, 2.24) is 0 Å². The molecular weight excluding hydrogens is 392 g/mol. The standard InChI is InChI=1S/C23H35ClO5/c1-14(8-7-9-15(2)13-29-22(28)23(4,5)6)10-11-17-20(26)18(12-25)16(3)19(24)21(17)27/h12,14-15,26-27H,7-11,13H2,1-6H3. The molecule has 164 valence electrons. The van der Waals surface area contributed by atoms with Crippen LogP contribution in [0.2, 0.25) is 5.02 Å². The van der Waals surface area contributed by atoms with E-state index in [1.54, 1.807) is 6.92 Å². The van der Waals surface area contributed by atoms with E-state index >= 15 is 0 Å². The molecule has 0 aliphatic carbocycles. The second-order valence-corrected chi connectivity index (χ2v) is 9.55. The lowest BCUT2D eigenvalue weighted by Crippen LogP contribution is -2.25. The number of aromatic hydroxyl groups is 2. The third kappa shape index (κ3) is 7.22. The molecule has 0 radical (unpaired) electrons. The van der Waals surface area contributed by atoms with Gasteiger partial charge in [-0.1, -0.05) is 38.3 Å². The van der Waals surface area contributed by atoms with Crippen molar-refractivity contribution in [3.63, 3.8) is 0 Å². The molecule has 0 aliphatic rings. The number of rotatable bonds is 10. The molecule has 2 atom stereocenters. The van der Waals surface area contributed by atoms with Gasteiger partial charge >= 0.3 is 5.97 Å². The van der Waals surface area contributed by atoms with Crippen LogP contribution in [0.15, 0.2) is 0 Å². The monoisotopic (exact) mass is 426 g/mol. The number of aldehydes is 1. The zero-order valence-corrected chi connectivity index (χ0v) is 19.2. The zero-order chi connectivity index (χ0) is 22.4. The number of benzene rings is 1. The Balaban J connectivity index is 2.49. The molecule has 0 saturated carbocycles. The Morgan fingerprint density at radius 2 is 1.69 bits per heavy atom. The van der Waals surface area contributed by atoms with Gasteiger partial charge in [-0.15, -0.1) is 0 Å². The molecule has 29 heavy (non-hydrogen) atoms. The van der Waals surface area contributed by atoms with E-state index in [1.807, 2.05) is 20.8 Å². The quantitative estimate of drug-likeness (QED) is 0.363. The minimum absolute atomic E-state index is 0.117. The molecule has 2 unspecified atom stereocenters. The van der Waals surface area contributed by atoms with Crippen molar-refractivity contribution in [1.29, 1.82) is 0 Å². The summed E-state index contributed by atoms with van der Waals surface area (Å²) >= 11 is 6.10.